The molecule has 1 N–H and O–H groups in total. The third-order valence-electron chi connectivity index (χ3n) is 3.57. The Hall–Kier alpha value is -1.69. The Bertz CT molecular complexity index is 453. The van der Waals surface area contributed by atoms with Gasteiger partial charge >= 0.3 is 5.97 Å². The zero-order valence-electron chi connectivity index (χ0n) is 11.2. The van der Waals surface area contributed by atoms with Gasteiger partial charge in [-0.25, -0.2) is 9.78 Å². The fourth-order valence-electron chi connectivity index (χ4n) is 2.44. The Labute approximate surface area is 112 Å². The third-order valence-corrected chi connectivity index (χ3v) is 3.57. The van der Waals surface area contributed by atoms with Crippen molar-refractivity contribution in [1.82, 2.24) is 9.97 Å². The Morgan fingerprint density at radius 3 is 2.84 bits per heavy atom. The maximum absolute atomic E-state index is 11.4. The highest BCUT2D eigenvalue weighted by Gasteiger charge is 2.27. The molecule has 0 aromatic carbocycles. The summed E-state index contributed by atoms with van der Waals surface area (Å²) in [5, 5.41) is 10.0. The van der Waals surface area contributed by atoms with Gasteiger partial charge in [0.2, 0.25) is 0 Å². The molecule has 0 saturated heterocycles. The van der Waals surface area contributed by atoms with Gasteiger partial charge in [0.25, 0.3) is 0 Å². The summed E-state index contributed by atoms with van der Waals surface area (Å²) >= 11 is 0. The Kier molecular flexibility index (Phi) is 4.31. The smallest absolute Gasteiger partial charge is 0.358 e. The van der Waals surface area contributed by atoms with Crippen molar-refractivity contribution < 1.29 is 14.6 Å². The molecule has 104 valence electrons. The number of hydrogen-bond donors (Lipinski definition) is 1. The predicted molar refractivity (Wildman–Crippen MR) is 70.0 cm³/mol. The lowest BCUT2D eigenvalue weighted by molar-refractivity contribution is 0.0593. The molecule has 6 heteroatoms. The van der Waals surface area contributed by atoms with E-state index in [1.165, 1.54) is 13.3 Å². The number of carbonyl (C=O) groups excluding carboxylic acids is 1. The van der Waals surface area contributed by atoms with Crippen LogP contribution < -0.4 is 4.90 Å². The van der Waals surface area contributed by atoms with Crippen molar-refractivity contribution in [3.63, 3.8) is 0 Å². The summed E-state index contributed by atoms with van der Waals surface area (Å²) in [6.07, 6.45) is 6.48. The van der Waals surface area contributed by atoms with Gasteiger partial charge < -0.3 is 14.7 Å². The van der Waals surface area contributed by atoms with E-state index in [-0.39, 0.29) is 17.8 Å². The lowest BCUT2D eigenvalue weighted by Crippen LogP contribution is -2.44. The van der Waals surface area contributed by atoms with E-state index in [0.29, 0.717) is 5.82 Å². The van der Waals surface area contributed by atoms with Crippen LogP contribution in [0.4, 0.5) is 5.82 Å². The minimum absolute atomic E-state index is 0.0240. The van der Waals surface area contributed by atoms with E-state index in [4.69, 9.17) is 0 Å². The molecular weight excluding hydrogens is 246 g/mol. The van der Waals surface area contributed by atoms with Crippen LogP contribution in [0, 0.1) is 0 Å². The molecule has 0 aliphatic heterocycles. The van der Waals surface area contributed by atoms with Gasteiger partial charge in [-0.3, -0.25) is 4.98 Å². The molecule has 0 amide bonds. The van der Waals surface area contributed by atoms with Crippen LogP contribution in [0.1, 0.15) is 36.2 Å². The van der Waals surface area contributed by atoms with Crippen LogP contribution in [0.2, 0.25) is 0 Å². The van der Waals surface area contributed by atoms with Crippen LogP contribution in [-0.4, -0.2) is 47.3 Å². The summed E-state index contributed by atoms with van der Waals surface area (Å²) in [5.74, 6) is 0.0702. The molecule has 1 aromatic heterocycles. The van der Waals surface area contributed by atoms with E-state index < -0.39 is 5.97 Å². The van der Waals surface area contributed by atoms with Crippen LogP contribution in [0.25, 0.3) is 0 Å². The average molecular weight is 265 g/mol. The maximum Gasteiger partial charge on any atom is 0.358 e. The first-order chi connectivity index (χ1) is 9.13. The number of aliphatic hydroxyl groups excluding tert-OH is 1. The second-order valence-electron chi connectivity index (χ2n) is 4.78. The van der Waals surface area contributed by atoms with Crippen molar-refractivity contribution in [3.8, 4) is 0 Å². The van der Waals surface area contributed by atoms with Crippen molar-refractivity contribution >= 4 is 11.8 Å². The number of methoxy groups -OCH3 is 1. The van der Waals surface area contributed by atoms with Gasteiger partial charge in [-0.05, 0) is 12.8 Å². The van der Waals surface area contributed by atoms with E-state index in [9.17, 15) is 9.90 Å². The SMILES string of the molecule is COC(=O)c1cncc(N(C)C2CCCCC2O)n1. The minimum atomic E-state index is -0.507. The number of aliphatic hydroxyl groups is 1. The minimum Gasteiger partial charge on any atom is -0.464 e. The number of nitrogens with zero attached hydrogens (tertiary/aromatic N) is 3. The van der Waals surface area contributed by atoms with E-state index in [2.05, 4.69) is 14.7 Å². The van der Waals surface area contributed by atoms with Gasteiger partial charge in [0, 0.05) is 7.05 Å². The highest BCUT2D eigenvalue weighted by molar-refractivity contribution is 5.87. The molecule has 1 aliphatic rings. The standard InChI is InChI=1S/C13H19N3O3/c1-16(10-5-3-4-6-11(10)17)12-8-14-7-9(15-12)13(18)19-2/h7-8,10-11,17H,3-6H2,1-2H3. The van der Waals surface area contributed by atoms with Crippen molar-refractivity contribution in [2.75, 3.05) is 19.1 Å². The molecule has 1 saturated carbocycles. The summed E-state index contributed by atoms with van der Waals surface area (Å²) in [6, 6.07) is 0.0240. The van der Waals surface area contributed by atoms with Crippen LogP contribution in [-0.2, 0) is 4.74 Å². The average Bonchev–Trinajstić information content (AvgIpc) is 2.46. The number of carbonyl (C=O) groups is 1. The third kappa shape index (κ3) is 3.01. The van der Waals surface area contributed by atoms with Crippen LogP contribution >= 0.6 is 0 Å². The molecule has 0 spiro atoms. The molecule has 1 aromatic rings. The largest absolute Gasteiger partial charge is 0.464 e. The van der Waals surface area contributed by atoms with E-state index in [0.717, 1.165) is 25.7 Å². The molecule has 0 bridgehead atoms. The van der Waals surface area contributed by atoms with Gasteiger partial charge in [0.15, 0.2) is 5.69 Å². The predicted octanol–water partition coefficient (Wildman–Crippen LogP) is 1.00. The molecule has 1 fully saturated rings. The summed E-state index contributed by atoms with van der Waals surface area (Å²) in [7, 11) is 3.18. The first kappa shape index (κ1) is 13.7. The highest BCUT2D eigenvalue weighted by atomic mass is 16.5. The van der Waals surface area contributed by atoms with Crippen molar-refractivity contribution in [2.45, 2.75) is 37.8 Å². The van der Waals surface area contributed by atoms with Crippen molar-refractivity contribution in [2.24, 2.45) is 0 Å². The quantitative estimate of drug-likeness (QED) is 0.822. The Morgan fingerprint density at radius 2 is 2.16 bits per heavy atom. The van der Waals surface area contributed by atoms with Gasteiger partial charge in [-0.2, -0.15) is 0 Å². The zero-order valence-corrected chi connectivity index (χ0v) is 11.2. The topological polar surface area (TPSA) is 75.5 Å². The summed E-state index contributed by atoms with van der Waals surface area (Å²) in [5.41, 5.74) is 0.178. The number of aromatic nitrogens is 2. The van der Waals surface area contributed by atoms with E-state index in [1.807, 2.05) is 11.9 Å². The number of ether oxygens (including phenoxy) is 1. The fourth-order valence-corrected chi connectivity index (χ4v) is 2.44. The van der Waals surface area contributed by atoms with Gasteiger partial charge in [-0.15, -0.1) is 0 Å². The molecule has 1 aliphatic carbocycles. The lowest BCUT2D eigenvalue weighted by Gasteiger charge is -2.35. The highest BCUT2D eigenvalue weighted by Crippen LogP contribution is 2.25. The summed E-state index contributed by atoms with van der Waals surface area (Å²) in [6.45, 7) is 0. The number of rotatable bonds is 3. The number of hydrogen-bond acceptors (Lipinski definition) is 6. The first-order valence-electron chi connectivity index (χ1n) is 6.44. The number of esters is 1. The second-order valence-corrected chi connectivity index (χ2v) is 4.78. The fraction of sp³-hybridized carbons (Fsp3) is 0.615. The van der Waals surface area contributed by atoms with Crippen molar-refractivity contribution in [3.05, 3.63) is 18.1 Å². The zero-order chi connectivity index (χ0) is 13.8. The molecule has 19 heavy (non-hydrogen) atoms. The summed E-state index contributed by atoms with van der Waals surface area (Å²) in [4.78, 5) is 21.6. The molecule has 1 heterocycles. The molecule has 2 unspecified atom stereocenters. The van der Waals surface area contributed by atoms with E-state index >= 15 is 0 Å². The van der Waals surface area contributed by atoms with Crippen molar-refractivity contribution in [1.29, 1.82) is 0 Å². The lowest BCUT2D eigenvalue weighted by atomic mass is 9.92. The van der Waals surface area contributed by atoms with Gasteiger partial charge in [0.05, 0.1) is 31.6 Å². The molecular formula is C13H19N3O3. The first-order valence-corrected chi connectivity index (χ1v) is 6.44. The Morgan fingerprint density at radius 1 is 1.42 bits per heavy atom. The van der Waals surface area contributed by atoms with Gasteiger partial charge in [0.1, 0.15) is 5.82 Å². The monoisotopic (exact) mass is 265 g/mol. The van der Waals surface area contributed by atoms with E-state index in [1.54, 1.807) is 6.20 Å². The molecule has 0 radical (unpaired) electrons. The maximum atomic E-state index is 11.4. The second kappa shape index (κ2) is 5.97. The summed E-state index contributed by atoms with van der Waals surface area (Å²) < 4.78 is 4.63. The van der Waals surface area contributed by atoms with Gasteiger partial charge in [-0.1, -0.05) is 12.8 Å². The van der Waals surface area contributed by atoms with Crippen LogP contribution in [0.15, 0.2) is 12.4 Å². The van der Waals surface area contributed by atoms with Crippen LogP contribution in [0.5, 0.6) is 0 Å². The molecule has 2 atom stereocenters. The normalized spacial score (nSPS) is 22.9. The number of anilines is 1. The van der Waals surface area contributed by atoms with Crippen LogP contribution in [0.3, 0.4) is 0 Å². The Balaban J connectivity index is 2.18. The molecule has 2 rings (SSSR count). The molecule has 6 nitrogen and oxygen atoms in total. The number of likely N-dealkylation sites (N-methyl/N-ethyl adjacent to an activating group) is 1.